The molecule has 1 aromatic heterocycles. The van der Waals surface area contributed by atoms with Crippen LogP contribution in [-0.2, 0) is 11.8 Å². The quantitative estimate of drug-likeness (QED) is 0.814. The van der Waals surface area contributed by atoms with E-state index >= 15 is 0 Å². The van der Waals surface area contributed by atoms with Crippen molar-refractivity contribution in [2.45, 2.75) is 32.2 Å². The summed E-state index contributed by atoms with van der Waals surface area (Å²) in [6.07, 6.45) is 4.75. The second kappa shape index (κ2) is 5.35. The molecule has 1 fully saturated rings. The van der Waals surface area contributed by atoms with E-state index in [0.29, 0.717) is 5.69 Å². The van der Waals surface area contributed by atoms with Crippen molar-refractivity contribution in [3.8, 4) is 0 Å². The normalized spacial score (nSPS) is 19.6. The van der Waals surface area contributed by atoms with E-state index in [1.54, 1.807) is 13.2 Å². The third kappa shape index (κ3) is 2.79. The summed E-state index contributed by atoms with van der Waals surface area (Å²) in [5.41, 5.74) is 1.43. The lowest BCUT2D eigenvalue weighted by atomic mass is 10.0. The van der Waals surface area contributed by atoms with Gasteiger partial charge in [0.15, 0.2) is 0 Å². The van der Waals surface area contributed by atoms with Crippen molar-refractivity contribution in [2.75, 3.05) is 11.9 Å². The summed E-state index contributed by atoms with van der Waals surface area (Å²) in [4.78, 5) is 23.5. The molecular formula is C13H19N3O2. The number of nitrogens with one attached hydrogen (secondary N) is 2. The monoisotopic (exact) mass is 249 g/mol. The number of aryl methyl sites for hydroxylation is 2. The number of pyridine rings is 1. The van der Waals surface area contributed by atoms with Crippen molar-refractivity contribution in [1.82, 2.24) is 9.88 Å². The Morgan fingerprint density at radius 1 is 1.50 bits per heavy atom. The summed E-state index contributed by atoms with van der Waals surface area (Å²) in [7, 11) is 1.68. The van der Waals surface area contributed by atoms with Crippen molar-refractivity contribution in [3.05, 3.63) is 28.2 Å². The first-order chi connectivity index (χ1) is 8.58. The molecule has 5 nitrogen and oxygen atoms in total. The molecule has 1 amide bonds. The van der Waals surface area contributed by atoms with Crippen LogP contribution in [0.1, 0.15) is 24.8 Å². The summed E-state index contributed by atoms with van der Waals surface area (Å²) in [5.74, 6) is -0.0172. The molecule has 0 aromatic carbocycles. The fraction of sp³-hybridized carbons (Fsp3) is 0.538. The highest BCUT2D eigenvalue weighted by Crippen LogP contribution is 2.13. The lowest BCUT2D eigenvalue weighted by molar-refractivity contribution is -0.118. The van der Waals surface area contributed by atoms with E-state index in [2.05, 4.69) is 10.6 Å². The maximum Gasteiger partial charge on any atom is 0.250 e. The minimum absolute atomic E-state index is 0.0172. The Kier molecular flexibility index (Phi) is 3.81. The summed E-state index contributed by atoms with van der Waals surface area (Å²) >= 11 is 0. The molecule has 0 saturated carbocycles. The number of carbonyl (C=O) groups excluding carboxylic acids is 1. The van der Waals surface area contributed by atoms with Crippen LogP contribution in [0.15, 0.2) is 17.1 Å². The number of amides is 1. The number of hydrogen-bond acceptors (Lipinski definition) is 3. The summed E-state index contributed by atoms with van der Waals surface area (Å²) in [6, 6.07) is 1.42. The number of anilines is 1. The Balaban J connectivity index is 2.11. The first kappa shape index (κ1) is 12.8. The number of carbonyl (C=O) groups is 1. The van der Waals surface area contributed by atoms with Crippen LogP contribution in [-0.4, -0.2) is 23.1 Å². The molecule has 0 spiro atoms. The van der Waals surface area contributed by atoms with Gasteiger partial charge < -0.3 is 15.2 Å². The van der Waals surface area contributed by atoms with Crippen LogP contribution in [0, 0.1) is 6.92 Å². The number of rotatable bonds is 2. The van der Waals surface area contributed by atoms with Crippen molar-refractivity contribution in [3.63, 3.8) is 0 Å². The highest BCUT2D eigenvalue weighted by Gasteiger charge is 2.20. The molecule has 0 radical (unpaired) electrons. The molecule has 98 valence electrons. The van der Waals surface area contributed by atoms with Gasteiger partial charge >= 0.3 is 0 Å². The van der Waals surface area contributed by atoms with Crippen molar-refractivity contribution in [2.24, 2.45) is 7.05 Å². The predicted octanol–water partition coefficient (Wildman–Crippen LogP) is 0.774. The van der Waals surface area contributed by atoms with Crippen LogP contribution in [0.5, 0.6) is 0 Å². The van der Waals surface area contributed by atoms with Crippen LogP contribution < -0.4 is 16.2 Å². The van der Waals surface area contributed by atoms with Crippen molar-refractivity contribution in [1.29, 1.82) is 0 Å². The number of hydrogen-bond donors (Lipinski definition) is 2. The van der Waals surface area contributed by atoms with E-state index in [-0.39, 0.29) is 17.5 Å². The van der Waals surface area contributed by atoms with E-state index in [1.807, 2.05) is 6.92 Å². The van der Waals surface area contributed by atoms with E-state index in [9.17, 15) is 9.59 Å². The third-order valence-corrected chi connectivity index (χ3v) is 3.32. The van der Waals surface area contributed by atoms with Gasteiger partial charge in [-0.1, -0.05) is 6.42 Å². The zero-order valence-electron chi connectivity index (χ0n) is 10.8. The van der Waals surface area contributed by atoms with Gasteiger partial charge in [-0.15, -0.1) is 0 Å². The lowest BCUT2D eigenvalue weighted by Gasteiger charge is -2.23. The number of piperidine rings is 1. The molecule has 5 heteroatoms. The van der Waals surface area contributed by atoms with Gasteiger partial charge in [0.1, 0.15) is 0 Å². The van der Waals surface area contributed by atoms with E-state index in [0.717, 1.165) is 31.4 Å². The van der Waals surface area contributed by atoms with Crippen LogP contribution in [0.25, 0.3) is 0 Å². The van der Waals surface area contributed by atoms with Crippen LogP contribution in [0.4, 0.5) is 5.69 Å². The van der Waals surface area contributed by atoms with Crippen LogP contribution >= 0.6 is 0 Å². The van der Waals surface area contributed by atoms with Gasteiger partial charge in [0.2, 0.25) is 5.91 Å². The predicted molar refractivity (Wildman–Crippen MR) is 70.7 cm³/mol. The molecule has 1 aliphatic heterocycles. The van der Waals surface area contributed by atoms with E-state index < -0.39 is 0 Å². The van der Waals surface area contributed by atoms with Crippen LogP contribution in [0.2, 0.25) is 0 Å². The van der Waals surface area contributed by atoms with Gasteiger partial charge in [-0.3, -0.25) is 9.59 Å². The Hall–Kier alpha value is -1.62. The summed E-state index contributed by atoms with van der Waals surface area (Å²) in [5, 5.41) is 6.09. The highest BCUT2D eigenvalue weighted by atomic mass is 16.2. The Bertz CT molecular complexity index is 501. The standard InChI is InChI=1S/C13H19N3O2/c1-9-7-12(17)16(2)8-11(9)15-13(18)10-5-3-4-6-14-10/h7-8,10,14H,3-6H2,1-2H3,(H,15,18). The minimum Gasteiger partial charge on any atom is -0.323 e. The average Bonchev–Trinajstić information content (AvgIpc) is 2.37. The van der Waals surface area contributed by atoms with Gasteiger partial charge in [0.05, 0.1) is 11.7 Å². The first-order valence-corrected chi connectivity index (χ1v) is 6.29. The largest absolute Gasteiger partial charge is 0.323 e. The highest BCUT2D eigenvalue weighted by molar-refractivity contribution is 5.95. The molecule has 2 rings (SSSR count). The molecule has 1 saturated heterocycles. The van der Waals surface area contributed by atoms with Crippen LogP contribution in [0.3, 0.4) is 0 Å². The van der Waals surface area contributed by atoms with Gasteiger partial charge in [0, 0.05) is 19.3 Å². The maximum atomic E-state index is 12.1. The smallest absolute Gasteiger partial charge is 0.250 e. The topological polar surface area (TPSA) is 63.1 Å². The van der Waals surface area contributed by atoms with E-state index in [1.165, 1.54) is 10.6 Å². The molecular weight excluding hydrogens is 230 g/mol. The van der Waals surface area contributed by atoms with E-state index in [4.69, 9.17) is 0 Å². The molecule has 1 aliphatic rings. The van der Waals surface area contributed by atoms with Gasteiger partial charge in [0.25, 0.3) is 5.56 Å². The summed E-state index contributed by atoms with van der Waals surface area (Å²) < 4.78 is 1.47. The number of nitrogens with zero attached hydrogens (tertiary/aromatic N) is 1. The molecule has 0 bridgehead atoms. The molecule has 18 heavy (non-hydrogen) atoms. The Labute approximate surface area is 106 Å². The molecule has 1 atom stereocenters. The van der Waals surface area contributed by atoms with Gasteiger partial charge in [-0.25, -0.2) is 0 Å². The molecule has 1 unspecified atom stereocenters. The number of aromatic nitrogens is 1. The zero-order chi connectivity index (χ0) is 13.1. The van der Waals surface area contributed by atoms with Crippen molar-refractivity contribution >= 4 is 11.6 Å². The average molecular weight is 249 g/mol. The molecule has 1 aromatic rings. The maximum absolute atomic E-state index is 12.1. The molecule has 2 heterocycles. The SMILES string of the molecule is Cc1cc(=O)n(C)cc1NC(=O)C1CCCCN1. The third-order valence-electron chi connectivity index (χ3n) is 3.32. The van der Waals surface area contributed by atoms with Gasteiger partial charge in [-0.2, -0.15) is 0 Å². The Morgan fingerprint density at radius 3 is 2.94 bits per heavy atom. The molecule has 0 aliphatic carbocycles. The first-order valence-electron chi connectivity index (χ1n) is 6.29. The Morgan fingerprint density at radius 2 is 2.28 bits per heavy atom. The minimum atomic E-state index is -0.115. The summed E-state index contributed by atoms with van der Waals surface area (Å²) in [6.45, 7) is 2.72. The fourth-order valence-electron chi connectivity index (χ4n) is 2.15. The van der Waals surface area contributed by atoms with Crippen molar-refractivity contribution < 1.29 is 4.79 Å². The fourth-order valence-corrected chi connectivity index (χ4v) is 2.15. The lowest BCUT2D eigenvalue weighted by Crippen LogP contribution is -2.43. The zero-order valence-corrected chi connectivity index (χ0v) is 10.8. The van der Waals surface area contributed by atoms with Gasteiger partial charge in [-0.05, 0) is 31.9 Å². The second-order valence-corrected chi connectivity index (χ2v) is 4.81. The molecule has 2 N–H and O–H groups in total. The second-order valence-electron chi connectivity index (χ2n) is 4.81.